The summed E-state index contributed by atoms with van der Waals surface area (Å²) in [5, 5.41) is 8.75. The van der Waals surface area contributed by atoms with Crippen molar-refractivity contribution in [3.8, 4) is 17.0 Å². The number of fused-ring (bicyclic) bond motifs is 2. The highest BCUT2D eigenvalue weighted by molar-refractivity contribution is 5.75. The Morgan fingerprint density at radius 1 is 0.976 bits per heavy atom. The number of aromatic nitrogens is 3. The highest BCUT2D eigenvalue weighted by atomic mass is 16.7. The van der Waals surface area contributed by atoms with Gasteiger partial charge in [-0.25, -0.2) is 0 Å². The second-order valence-corrected chi connectivity index (χ2v) is 11.3. The molecule has 3 aromatic rings. The second-order valence-electron chi connectivity index (χ2n) is 11.3. The maximum absolute atomic E-state index is 6.40. The molecule has 5 heterocycles. The van der Waals surface area contributed by atoms with Crippen molar-refractivity contribution in [3.05, 3.63) is 60.4 Å². The zero-order valence-electron chi connectivity index (χ0n) is 24.0. The van der Waals surface area contributed by atoms with E-state index in [9.17, 15) is 0 Å². The van der Waals surface area contributed by atoms with Crippen molar-refractivity contribution in [3.63, 3.8) is 0 Å². The SMILES string of the molecule is COCOc1ccccc1-c1cc(N2CC3CCC(C2)N3c2ccnc(/C=C/CN3CCCCCC3)c2)c(N)nn1. The number of ether oxygens (including phenoxy) is 2. The van der Waals surface area contributed by atoms with Gasteiger partial charge in [-0.2, -0.15) is 0 Å². The Morgan fingerprint density at radius 3 is 2.54 bits per heavy atom. The summed E-state index contributed by atoms with van der Waals surface area (Å²) in [5.74, 6) is 1.16. The van der Waals surface area contributed by atoms with E-state index in [1.165, 1.54) is 44.5 Å². The van der Waals surface area contributed by atoms with Gasteiger partial charge in [-0.05, 0) is 75.2 Å². The number of nitrogens with two attached hydrogens (primary N) is 1. The predicted molar refractivity (Wildman–Crippen MR) is 164 cm³/mol. The van der Waals surface area contributed by atoms with Gasteiger partial charge in [0.1, 0.15) is 5.75 Å². The van der Waals surface area contributed by atoms with E-state index in [0.717, 1.165) is 55.1 Å². The normalized spacial score (nSPS) is 21.4. The van der Waals surface area contributed by atoms with Gasteiger partial charge in [-0.15, -0.1) is 10.2 Å². The quantitative estimate of drug-likeness (QED) is 0.372. The standard InChI is InChI=1S/C32H41N7O2/c1-40-23-41-31-11-5-4-10-28(31)29-20-30(32(33)36-35-29)38-21-26-12-13-27(22-38)39(26)25-14-15-34-24(19-25)9-8-18-37-16-6-2-3-7-17-37/h4-5,8-11,14-15,19-20,26-27H,2-3,6-7,12-13,16-18,21-23H2,1H3,(H2,33,36)/b9-8+. The van der Waals surface area contributed by atoms with E-state index < -0.39 is 0 Å². The number of pyridine rings is 1. The number of methoxy groups -OCH3 is 1. The van der Waals surface area contributed by atoms with Gasteiger partial charge < -0.3 is 25.0 Å². The average molecular weight is 556 g/mol. The lowest BCUT2D eigenvalue weighted by atomic mass is 10.1. The molecule has 3 aliphatic heterocycles. The van der Waals surface area contributed by atoms with E-state index in [2.05, 4.69) is 54.2 Å². The van der Waals surface area contributed by atoms with Crippen molar-refractivity contribution in [2.24, 2.45) is 0 Å². The molecule has 2 N–H and O–H groups in total. The zero-order valence-corrected chi connectivity index (χ0v) is 24.0. The molecule has 216 valence electrons. The largest absolute Gasteiger partial charge is 0.467 e. The van der Waals surface area contributed by atoms with E-state index in [1.807, 2.05) is 36.5 Å². The molecule has 0 amide bonds. The van der Waals surface area contributed by atoms with E-state index in [1.54, 1.807) is 7.11 Å². The minimum absolute atomic E-state index is 0.169. The molecule has 9 heteroatoms. The molecule has 0 aliphatic carbocycles. The van der Waals surface area contributed by atoms with Gasteiger partial charge >= 0.3 is 0 Å². The third-order valence-electron chi connectivity index (χ3n) is 8.53. The molecule has 0 spiro atoms. The Hall–Kier alpha value is -3.69. The monoisotopic (exact) mass is 555 g/mol. The van der Waals surface area contributed by atoms with Gasteiger partial charge in [0.15, 0.2) is 12.6 Å². The van der Waals surface area contributed by atoms with Crippen molar-refractivity contribution in [2.75, 3.05) is 62.2 Å². The van der Waals surface area contributed by atoms with Gasteiger partial charge in [0.05, 0.1) is 17.1 Å². The van der Waals surface area contributed by atoms with Crippen molar-refractivity contribution >= 4 is 23.3 Å². The van der Waals surface area contributed by atoms with E-state index >= 15 is 0 Å². The van der Waals surface area contributed by atoms with Crippen molar-refractivity contribution in [1.29, 1.82) is 0 Å². The number of piperazine rings is 1. The summed E-state index contributed by atoms with van der Waals surface area (Å²) in [6.07, 6.45) is 14.1. The first-order valence-electron chi connectivity index (χ1n) is 14.9. The fraction of sp³-hybridized carbons (Fsp3) is 0.469. The smallest absolute Gasteiger partial charge is 0.188 e. The van der Waals surface area contributed by atoms with Gasteiger partial charge in [0, 0.05) is 56.3 Å². The zero-order chi connectivity index (χ0) is 28.0. The molecule has 0 radical (unpaired) electrons. The minimum Gasteiger partial charge on any atom is -0.467 e. The summed E-state index contributed by atoms with van der Waals surface area (Å²) in [6, 6.07) is 15.1. The fourth-order valence-corrected chi connectivity index (χ4v) is 6.55. The Morgan fingerprint density at radius 2 is 1.76 bits per heavy atom. The molecule has 3 saturated heterocycles. The van der Waals surface area contributed by atoms with Crippen LogP contribution in [-0.4, -0.2) is 78.8 Å². The van der Waals surface area contributed by atoms with Crippen LogP contribution in [-0.2, 0) is 4.74 Å². The lowest BCUT2D eigenvalue weighted by Gasteiger charge is -2.43. The lowest BCUT2D eigenvalue weighted by Crippen LogP contribution is -2.54. The number of hydrogen-bond acceptors (Lipinski definition) is 9. The first-order valence-corrected chi connectivity index (χ1v) is 14.9. The van der Waals surface area contributed by atoms with Gasteiger partial charge in [0.2, 0.25) is 0 Å². The Bertz CT molecular complexity index is 1330. The number of para-hydroxylation sites is 1. The number of rotatable bonds is 9. The van der Waals surface area contributed by atoms with Crippen molar-refractivity contribution < 1.29 is 9.47 Å². The maximum atomic E-state index is 6.40. The van der Waals surface area contributed by atoms with Crippen LogP contribution in [0.5, 0.6) is 5.75 Å². The molecule has 2 atom stereocenters. The maximum Gasteiger partial charge on any atom is 0.188 e. The molecular formula is C32H41N7O2. The van der Waals surface area contributed by atoms with E-state index in [4.69, 9.17) is 15.2 Å². The molecule has 2 unspecified atom stereocenters. The summed E-state index contributed by atoms with van der Waals surface area (Å²) in [6.45, 7) is 5.36. The fourth-order valence-electron chi connectivity index (χ4n) is 6.55. The number of anilines is 3. The van der Waals surface area contributed by atoms with Crippen LogP contribution in [0.1, 0.15) is 44.2 Å². The highest BCUT2D eigenvalue weighted by Gasteiger charge is 2.40. The number of likely N-dealkylation sites (tertiary alicyclic amines) is 1. The summed E-state index contributed by atoms with van der Waals surface area (Å²) < 4.78 is 10.9. The van der Waals surface area contributed by atoms with Crippen LogP contribution in [0, 0.1) is 0 Å². The van der Waals surface area contributed by atoms with Gasteiger partial charge in [-0.1, -0.05) is 31.1 Å². The summed E-state index contributed by atoms with van der Waals surface area (Å²) in [4.78, 5) is 12.2. The molecule has 6 rings (SSSR count). The average Bonchev–Trinajstić information content (AvgIpc) is 3.15. The molecule has 1 aromatic carbocycles. The molecule has 0 saturated carbocycles. The third-order valence-corrected chi connectivity index (χ3v) is 8.53. The Labute approximate surface area is 243 Å². The molecule has 41 heavy (non-hydrogen) atoms. The summed E-state index contributed by atoms with van der Waals surface area (Å²) in [7, 11) is 1.61. The molecular weight excluding hydrogens is 514 g/mol. The molecule has 2 bridgehead atoms. The topological polar surface area (TPSA) is 92.9 Å². The van der Waals surface area contributed by atoms with E-state index in [0.29, 0.717) is 23.7 Å². The molecule has 3 aliphatic rings. The van der Waals surface area contributed by atoms with Crippen LogP contribution in [0.15, 0.2) is 54.7 Å². The van der Waals surface area contributed by atoms with Gasteiger partial charge in [0.25, 0.3) is 0 Å². The minimum atomic E-state index is 0.169. The number of benzene rings is 1. The van der Waals surface area contributed by atoms with Crippen LogP contribution in [0.3, 0.4) is 0 Å². The molecule has 9 nitrogen and oxygen atoms in total. The van der Waals surface area contributed by atoms with Crippen LogP contribution in [0.25, 0.3) is 17.3 Å². The van der Waals surface area contributed by atoms with Crippen LogP contribution >= 0.6 is 0 Å². The second kappa shape index (κ2) is 12.9. The molecule has 3 fully saturated rings. The lowest BCUT2D eigenvalue weighted by molar-refractivity contribution is 0.0515. The number of hydrogen-bond donors (Lipinski definition) is 1. The van der Waals surface area contributed by atoms with Crippen LogP contribution in [0.4, 0.5) is 17.2 Å². The molecule has 2 aromatic heterocycles. The van der Waals surface area contributed by atoms with E-state index in [-0.39, 0.29) is 6.79 Å². The highest BCUT2D eigenvalue weighted by Crippen LogP contribution is 2.39. The van der Waals surface area contributed by atoms with Crippen LogP contribution in [0.2, 0.25) is 0 Å². The van der Waals surface area contributed by atoms with Crippen LogP contribution < -0.4 is 20.3 Å². The van der Waals surface area contributed by atoms with Crippen molar-refractivity contribution in [1.82, 2.24) is 20.1 Å². The Balaban J connectivity index is 1.16. The van der Waals surface area contributed by atoms with Gasteiger partial charge in [-0.3, -0.25) is 9.88 Å². The first-order chi connectivity index (χ1) is 20.2. The number of nitrogen functional groups attached to an aromatic ring is 1. The van der Waals surface area contributed by atoms with Crippen molar-refractivity contribution in [2.45, 2.75) is 50.6 Å². The first kappa shape index (κ1) is 27.5. The Kier molecular flexibility index (Phi) is 8.63. The number of nitrogens with zero attached hydrogens (tertiary/aromatic N) is 6. The third kappa shape index (κ3) is 6.31. The summed E-state index contributed by atoms with van der Waals surface area (Å²) >= 11 is 0. The summed E-state index contributed by atoms with van der Waals surface area (Å²) in [5.41, 5.74) is 11.2. The predicted octanol–water partition coefficient (Wildman–Crippen LogP) is 4.85.